The molecule has 0 aliphatic carbocycles. The molecule has 18 heavy (non-hydrogen) atoms. The molecule has 0 aliphatic heterocycles. The summed E-state index contributed by atoms with van der Waals surface area (Å²) in [6, 6.07) is 5.89. The summed E-state index contributed by atoms with van der Waals surface area (Å²) in [5.74, 6) is 0.583. The Bertz CT molecular complexity index is 601. The quantitative estimate of drug-likeness (QED) is 0.652. The van der Waals surface area contributed by atoms with E-state index in [0.29, 0.717) is 17.0 Å². The van der Waals surface area contributed by atoms with Crippen LogP contribution in [-0.2, 0) is 0 Å². The predicted octanol–water partition coefficient (Wildman–Crippen LogP) is 1.64. The molecule has 2 N–H and O–H groups in total. The maximum Gasteiger partial charge on any atom is 0.270 e. The minimum absolute atomic E-state index is 0.0389. The van der Waals surface area contributed by atoms with Crippen LogP contribution in [0.2, 0.25) is 0 Å². The number of hydrogen-bond donors (Lipinski definition) is 1. The number of aromatic nitrogens is 2. The zero-order chi connectivity index (χ0) is 13.1. The number of benzene rings is 1. The van der Waals surface area contributed by atoms with E-state index in [-0.39, 0.29) is 11.6 Å². The maximum atomic E-state index is 10.8. The van der Waals surface area contributed by atoms with Crippen LogP contribution in [0.25, 0.3) is 11.3 Å². The lowest BCUT2D eigenvalue weighted by molar-refractivity contribution is -0.384. The third kappa shape index (κ3) is 2.19. The van der Waals surface area contributed by atoms with Gasteiger partial charge in [0.05, 0.1) is 17.7 Å². The van der Waals surface area contributed by atoms with Crippen LogP contribution in [0.5, 0.6) is 5.75 Å². The first-order valence-corrected chi connectivity index (χ1v) is 5.03. The van der Waals surface area contributed by atoms with Crippen LogP contribution in [0, 0.1) is 10.1 Å². The van der Waals surface area contributed by atoms with Gasteiger partial charge in [-0.3, -0.25) is 10.1 Å². The second-order valence-corrected chi connectivity index (χ2v) is 3.44. The van der Waals surface area contributed by atoms with Crippen LogP contribution in [-0.4, -0.2) is 22.0 Å². The minimum Gasteiger partial charge on any atom is -0.496 e. The molecule has 1 aromatic carbocycles. The van der Waals surface area contributed by atoms with Crippen LogP contribution in [0.4, 0.5) is 11.6 Å². The lowest BCUT2D eigenvalue weighted by atomic mass is 10.1. The zero-order valence-corrected chi connectivity index (χ0v) is 9.53. The SMILES string of the molecule is COc1ccc([N+](=O)[O-])cc1-c1ccnc(N)n1. The summed E-state index contributed by atoms with van der Waals surface area (Å²) >= 11 is 0. The van der Waals surface area contributed by atoms with Gasteiger partial charge < -0.3 is 10.5 Å². The standard InChI is InChI=1S/C11H10N4O3/c1-18-10-3-2-7(15(16)17)6-8(10)9-4-5-13-11(12)14-9/h2-6H,1H3,(H2,12,13,14). The number of nitro benzene ring substituents is 1. The highest BCUT2D eigenvalue weighted by molar-refractivity contribution is 5.70. The second kappa shape index (κ2) is 4.66. The Hall–Kier alpha value is -2.70. The van der Waals surface area contributed by atoms with Gasteiger partial charge in [0.25, 0.3) is 5.69 Å². The Morgan fingerprint density at radius 2 is 2.17 bits per heavy atom. The molecule has 1 heterocycles. The molecule has 2 aromatic rings. The largest absolute Gasteiger partial charge is 0.496 e. The molecular weight excluding hydrogens is 236 g/mol. The summed E-state index contributed by atoms with van der Waals surface area (Å²) in [5, 5.41) is 10.8. The van der Waals surface area contributed by atoms with E-state index in [1.165, 1.54) is 31.5 Å². The minimum atomic E-state index is -0.479. The molecule has 0 bridgehead atoms. The molecule has 0 fully saturated rings. The number of nitrogens with zero attached hydrogens (tertiary/aromatic N) is 3. The van der Waals surface area contributed by atoms with E-state index < -0.39 is 4.92 Å². The zero-order valence-electron chi connectivity index (χ0n) is 9.53. The van der Waals surface area contributed by atoms with E-state index in [9.17, 15) is 10.1 Å². The van der Waals surface area contributed by atoms with Gasteiger partial charge in [-0.1, -0.05) is 0 Å². The first-order valence-electron chi connectivity index (χ1n) is 5.03. The molecule has 0 saturated carbocycles. The van der Waals surface area contributed by atoms with Gasteiger partial charge in [-0.15, -0.1) is 0 Å². The number of methoxy groups -OCH3 is 1. The van der Waals surface area contributed by atoms with Crippen molar-refractivity contribution in [2.24, 2.45) is 0 Å². The summed E-state index contributed by atoms with van der Waals surface area (Å²) in [7, 11) is 1.48. The Balaban J connectivity index is 2.60. The Morgan fingerprint density at radius 1 is 1.39 bits per heavy atom. The average Bonchev–Trinajstić information content (AvgIpc) is 2.38. The van der Waals surface area contributed by atoms with Crippen LogP contribution < -0.4 is 10.5 Å². The highest BCUT2D eigenvalue weighted by Crippen LogP contribution is 2.32. The smallest absolute Gasteiger partial charge is 0.270 e. The third-order valence-electron chi connectivity index (χ3n) is 2.34. The van der Waals surface area contributed by atoms with Gasteiger partial charge in [0.15, 0.2) is 0 Å². The van der Waals surface area contributed by atoms with E-state index in [1.807, 2.05) is 0 Å². The molecule has 7 nitrogen and oxygen atoms in total. The monoisotopic (exact) mass is 246 g/mol. The van der Waals surface area contributed by atoms with E-state index in [2.05, 4.69) is 9.97 Å². The van der Waals surface area contributed by atoms with Crippen LogP contribution >= 0.6 is 0 Å². The van der Waals surface area contributed by atoms with Crippen molar-refractivity contribution in [1.29, 1.82) is 0 Å². The van der Waals surface area contributed by atoms with Crippen LogP contribution in [0.15, 0.2) is 30.5 Å². The van der Waals surface area contributed by atoms with Gasteiger partial charge >= 0.3 is 0 Å². The summed E-state index contributed by atoms with van der Waals surface area (Å²) < 4.78 is 5.15. The van der Waals surface area contributed by atoms with Crippen molar-refractivity contribution in [1.82, 2.24) is 9.97 Å². The Morgan fingerprint density at radius 3 is 2.78 bits per heavy atom. The van der Waals surface area contributed by atoms with Crippen molar-refractivity contribution in [3.8, 4) is 17.0 Å². The second-order valence-electron chi connectivity index (χ2n) is 3.44. The van der Waals surface area contributed by atoms with Gasteiger partial charge in [-0.2, -0.15) is 0 Å². The average molecular weight is 246 g/mol. The third-order valence-corrected chi connectivity index (χ3v) is 2.34. The molecular formula is C11H10N4O3. The fourth-order valence-electron chi connectivity index (χ4n) is 1.53. The topological polar surface area (TPSA) is 104 Å². The normalized spacial score (nSPS) is 10.1. The summed E-state index contributed by atoms with van der Waals surface area (Å²) in [6.07, 6.45) is 1.48. The number of ether oxygens (including phenoxy) is 1. The lowest BCUT2D eigenvalue weighted by Gasteiger charge is -2.07. The number of nitro groups is 1. The molecule has 0 atom stereocenters. The summed E-state index contributed by atoms with van der Waals surface area (Å²) in [5.41, 5.74) is 6.43. The van der Waals surface area contributed by atoms with Crippen molar-refractivity contribution >= 4 is 11.6 Å². The first kappa shape index (κ1) is 11.8. The van der Waals surface area contributed by atoms with Crippen molar-refractivity contribution in [3.05, 3.63) is 40.6 Å². The van der Waals surface area contributed by atoms with Crippen molar-refractivity contribution in [2.45, 2.75) is 0 Å². The van der Waals surface area contributed by atoms with Crippen molar-refractivity contribution in [3.63, 3.8) is 0 Å². The van der Waals surface area contributed by atoms with Crippen molar-refractivity contribution in [2.75, 3.05) is 12.8 Å². The van der Waals surface area contributed by atoms with E-state index >= 15 is 0 Å². The van der Waals surface area contributed by atoms with Gasteiger partial charge in [0.1, 0.15) is 5.75 Å². The molecule has 0 amide bonds. The van der Waals surface area contributed by atoms with Crippen molar-refractivity contribution < 1.29 is 9.66 Å². The summed E-state index contributed by atoms with van der Waals surface area (Å²) in [6.45, 7) is 0. The molecule has 0 saturated heterocycles. The molecule has 1 aromatic heterocycles. The number of hydrogen-bond acceptors (Lipinski definition) is 6. The van der Waals surface area contributed by atoms with Gasteiger partial charge in [-0.25, -0.2) is 9.97 Å². The van der Waals surface area contributed by atoms with Crippen LogP contribution in [0.1, 0.15) is 0 Å². The van der Waals surface area contributed by atoms with Crippen LogP contribution in [0.3, 0.4) is 0 Å². The summed E-state index contributed by atoms with van der Waals surface area (Å²) in [4.78, 5) is 18.1. The van der Waals surface area contributed by atoms with E-state index in [1.54, 1.807) is 6.07 Å². The molecule has 2 rings (SSSR count). The number of non-ortho nitro benzene ring substituents is 1. The molecule has 0 aliphatic rings. The van der Waals surface area contributed by atoms with Gasteiger partial charge in [-0.05, 0) is 12.1 Å². The van der Waals surface area contributed by atoms with Gasteiger partial charge in [0, 0.05) is 23.9 Å². The van der Waals surface area contributed by atoms with Gasteiger partial charge in [0.2, 0.25) is 5.95 Å². The Labute approximate surface area is 102 Å². The molecule has 0 spiro atoms. The highest BCUT2D eigenvalue weighted by Gasteiger charge is 2.14. The fourth-order valence-corrected chi connectivity index (χ4v) is 1.53. The lowest BCUT2D eigenvalue weighted by Crippen LogP contribution is -1.97. The maximum absolute atomic E-state index is 10.8. The number of anilines is 1. The number of rotatable bonds is 3. The molecule has 92 valence electrons. The molecule has 7 heteroatoms. The number of nitrogens with two attached hydrogens (primary N) is 1. The predicted molar refractivity (Wildman–Crippen MR) is 65.1 cm³/mol. The number of nitrogen functional groups attached to an aromatic ring is 1. The Kier molecular flexibility index (Phi) is 3.05. The first-order chi connectivity index (χ1) is 8.61. The fraction of sp³-hybridized carbons (Fsp3) is 0.0909. The van der Waals surface area contributed by atoms with E-state index in [4.69, 9.17) is 10.5 Å². The molecule has 0 unspecified atom stereocenters. The highest BCUT2D eigenvalue weighted by atomic mass is 16.6. The van der Waals surface area contributed by atoms with E-state index in [0.717, 1.165) is 0 Å². The molecule has 0 radical (unpaired) electrons.